The molecule has 4 aromatic carbocycles. The second-order valence-corrected chi connectivity index (χ2v) is 14.3. The van der Waals surface area contributed by atoms with Crippen molar-refractivity contribution in [2.24, 2.45) is 0 Å². The first-order valence-electron chi connectivity index (χ1n) is 16.9. The van der Waals surface area contributed by atoms with Crippen molar-refractivity contribution in [1.29, 1.82) is 0 Å². The summed E-state index contributed by atoms with van der Waals surface area (Å²) in [6, 6.07) is 35.0. The highest BCUT2D eigenvalue weighted by atomic mass is 15.2. The number of hydrogen-bond acceptors (Lipinski definition) is 2. The van der Waals surface area contributed by atoms with E-state index in [0.717, 1.165) is 29.8 Å². The summed E-state index contributed by atoms with van der Waals surface area (Å²) >= 11 is 0. The Balaban J connectivity index is 1.46. The van der Waals surface area contributed by atoms with Gasteiger partial charge in [-0.1, -0.05) is 130 Å². The monoisotopic (exact) mass is 616 g/mol. The fourth-order valence-electron chi connectivity index (χ4n) is 7.04. The molecule has 0 atom stereocenters. The van der Waals surface area contributed by atoms with Crippen LogP contribution in [0.2, 0.25) is 0 Å². The molecule has 0 aromatic heterocycles. The van der Waals surface area contributed by atoms with Crippen molar-refractivity contribution in [3.8, 4) is 0 Å². The molecule has 2 heteroatoms. The van der Waals surface area contributed by atoms with Crippen molar-refractivity contribution in [1.82, 2.24) is 0 Å². The zero-order valence-electron chi connectivity index (χ0n) is 29.1. The maximum atomic E-state index is 4.61. The van der Waals surface area contributed by atoms with Crippen LogP contribution in [0.1, 0.15) is 68.4 Å². The van der Waals surface area contributed by atoms with Gasteiger partial charge in [-0.3, -0.25) is 0 Å². The first kappa shape index (κ1) is 32.1. The lowest BCUT2D eigenvalue weighted by Gasteiger charge is -2.29. The van der Waals surface area contributed by atoms with E-state index in [4.69, 9.17) is 0 Å². The van der Waals surface area contributed by atoms with Crippen molar-refractivity contribution >= 4 is 17.1 Å². The van der Waals surface area contributed by atoms with Gasteiger partial charge in [-0.05, 0) is 103 Å². The zero-order chi connectivity index (χ0) is 33.3. The molecule has 2 aliphatic rings. The number of rotatable bonds is 8. The van der Waals surface area contributed by atoms with E-state index in [1.165, 1.54) is 56.0 Å². The Hall–Kier alpha value is -4.82. The largest absolute Gasteiger partial charge is 0.358 e. The maximum absolute atomic E-state index is 4.61. The smallest absolute Gasteiger partial charge is 0.0525 e. The van der Waals surface area contributed by atoms with Crippen LogP contribution in [-0.2, 0) is 10.8 Å². The first-order valence-corrected chi connectivity index (χ1v) is 16.9. The van der Waals surface area contributed by atoms with E-state index in [-0.39, 0.29) is 10.8 Å². The van der Waals surface area contributed by atoms with E-state index in [1.54, 1.807) is 0 Å². The minimum Gasteiger partial charge on any atom is -0.358 e. The van der Waals surface area contributed by atoms with E-state index < -0.39 is 0 Å². The van der Waals surface area contributed by atoms with Crippen LogP contribution in [0.3, 0.4) is 0 Å². The highest BCUT2D eigenvalue weighted by molar-refractivity contribution is 5.75. The summed E-state index contributed by atoms with van der Waals surface area (Å²) in [6.45, 7) is 20.4. The Labute approximate surface area is 282 Å². The molecular formula is C45H48N2. The Bertz CT molecular complexity index is 1890. The van der Waals surface area contributed by atoms with Crippen LogP contribution in [0.15, 0.2) is 156 Å². The molecule has 238 valence electrons. The third-order valence-corrected chi connectivity index (χ3v) is 10.1. The Morgan fingerprint density at radius 3 is 2.06 bits per heavy atom. The van der Waals surface area contributed by atoms with Gasteiger partial charge in [0.1, 0.15) is 0 Å². The molecule has 0 saturated carbocycles. The maximum Gasteiger partial charge on any atom is 0.0525 e. The number of allylic oxidation sites excluding steroid dienone is 8. The number of fused-ring (bicyclic) bond motifs is 1. The SMILES string of the molecule is C=C(/C=C/C1=C(N(c2ccccc2)c2ccccc2)C(=C/C=C2/Nc3ccc(C)cc3C2(C)C)/CC1)C(C)(C)c1cc(C)ccc1C. The van der Waals surface area contributed by atoms with Gasteiger partial charge in [0.05, 0.1) is 5.70 Å². The van der Waals surface area contributed by atoms with E-state index in [0.29, 0.717) is 0 Å². The van der Waals surface area contributed by atoms with E-state index >= 15 is 0 Å². The number of nitrogens with one attached hydrogen (secondary N) is 1. The molecule has 1 aliphatic heterocycles. The number of nitrogens with zero attached hydrogens (tertiary/aromatic N) is 1. The number of para-hydroxylation sites is 2. The molecule has 0 amide bonds. The van der Waals surface area contributed by atoms with E-state index in [2.05, 4.69) is 187 Å². The fraction of sp³-hybridized carbons (Fsp3) is 0.244. The number of hydrogen-bond donors (Lipinski definition) is 1. The summed E-state index contributed by atoms with van der Waals surface area (Å²) in [5.74, 6) is 0. The molecule has 4 aromatic rings. The lowest BCUT2D eigenvalue weighted by atomic mass is 9.75. The highest BCUT2D eigenvalue weighted by Gasteiger charge is 2.35. The molecule has 0 unspecified atom stereocenters. The van der Waals surface area contributed by atoms with Gasteiger partial charge in [-0.15, -0.1) is 0 Å². The molecule has 2 nitrogen and oxygen atoms in total. The predicted molar refractivity (Wildman–Crippen MR) is 202 cm³/mol. The quantitative estimate of drug-likeness (QED) is 0.198. The number of benzene rings is 4. The molecule has 1 heterocycles. The van der Waals surface area contributed by atoms with Crippen molar-refractivity contribution in [3.05, 3.63) is 184 Å². The minimum absolute atomic E-state index is 0.0978. The third kappa shape index (κ3) is 6.30. The van der Waals surface area contributed by atoms with Gasteiger partial charge in [-0.25, -0.2) is 0 Å². The van der Waals surface area contributed by atoms with Crippen LogP contribution >= 0.6 is 0 Å². The van der Waals surface area contributed by atoms with Crippen molar-refractivity contribution in [3.63, 3.8) is 0 Å². The molecule has 0 fully saturated rings. The summed E-state index contributed by atoms with van der Waals surface area (Å²) in [7, 11) is 0. The van der Waals surface area contributed by atoms with E-state index in [1.807, 2.05) is 0 Å². The number of anilines is 3. The number of aryl methyl sites for hydroxylation is 3. The van der Waals surface area contributed by atoms with Gasteiger partial charge in [-0.2, -0.15) is 0 Å². The zero-order valence-corrected chi connectivity index (χ0v) is 29.1. The molecule has 0 spiro atoms. The predicted octanol–water partition coefficient (Wildman–Crippen LogP) is 12.1. The minimum atomic E-state index is -0.194. The Morgan fingerprint density at radius 1 is 0.787 bits per heavy atom. The average molecular weight is 617 g/mol. The molecule has 6 rings (SSSR count). The summed E-state index contributed by atoms with van der Waals surface area (Å²) in [5.41, 5.74) is 16.0. The third-order valence-electron chi connectivity index (χ3n) is 10.1. The average Bonchev–Trinajstić information content (AvgIpc) is 3.57. The topological polar surface area (TPSA) is 15.3 Å². The van der Waals surface area contributed by atoms with Crippen molar-refractivity contribution in [2.75, 3.05) is 10.2 Å². The van der Waals surface area contributed by atoms with Crippen LogP contribution in [0.4, 0.5) is 17.1 Å². The van der Waals surface area contributed by atoms with Gasteiger partial charge in [0.15, 0.2) is 0 Å². The molecule has 47 heavy (non-hydrogen) atoms. The summed E-state index contributed by atoms with van der Waals surface area (Å²) in [4.78, 5) is 2.43. The lowest BCUT2D eigenvalue weighted by molar-refractivity contribution is 0.636. The summed E-state index contributed by atoms with van der Waals surface area (Å²) in [5, 5.41) is 3.74. The second-order valence-electron chi connectivity index (χ2n) is 14.3. The molecule has 1 aliphatic carbocycles. The van der Waals surface area contributed by atoms with Crippen LogP contribution in [0.5, 0.6) is 0 Å². The van der Waals surface area contributed by atoms with Crippen molar-refractivity contribution < 1.29 is 0 Å². The normalized spacial score (nSPS) is 17.4. The molecular weight excluding hydrogens is 569 g/mol. The lowest BCUT2D eigenvalue weighted by Crippen LogP contribution is -2.20. The fourth-order valence-corrected chi connectivity index (χ4v) is 7.04. The van der Waals surface area contributed by atoms with Crippen LogP contribution in [-0.4, -0.2) is 0 Å². The second kappa shape index (κ2) is 12.8. The summed E-state index contributed by atoms with van der Waals surface area (Å²) < 4.78 is 0. The molecule has 0 saturated heterocycles. The highest BCUT2D eigenvalue weighted by Crippen LogP contribution is 2.45. The van der Waals surface area contributed by atoms with Gasteiger partial charge < -0.3 is 10.2 Å². The van der Waals surface area contributed by atoms with E-state index in [9.17, 15) is 0 Å². The Morgan fingerprint density at radius 2 is 1.40 bits per heavy atom. The van der Waals surface area contributed by atoms with Crippen LogP contribution in [0.25, 0.3) is 0 Å². The van der Waals surface area contributed by atoms with Gasteiger partial charge in [0.2, 0.25) is 0 Å². The van der Waals surface area contributed by atoms with Crippen molar-refractivity contribution in [2.45, 2.75) is 72.1 Å². The first-order chi connectivity index (χ1) is 22.5. The molecule has 0 radical (unpaired) electrons. The standard InChI is InChI=1S/C45H48N2/c1-31-19-21-33(3)39(29-31)44(5,6)34(4)22-23-35-24-25-36(26-28-42-45(7,8)40-30-32(2)20-27-41(40)46-42)43(35)47(37-15-11-9-12-16-37)38-17-13-10-14-18-38/h9-23,26-30,46H,4,24-25H2,1-3,5-8H3/b23-22+,36-26+,42-28+. The molecule has 0 bridgehead atoms. The van der Waals surface area contributed by atoms with Crippen LogP contribution in [0, 0.1) is 20.8 Å². The van der Waals surface area contributed by atoms with Gasteiger partial charge in [0.25, 0.3) is 0 Å². The van der Waals surface area contributed by atoms with Gasteiger partial charge in [0, 0.05) is 33.6 Å². The summed E-state index contributed by atoms with van der Waals surface area (Å²) in [6.07, 6.45) is 11.2. The van der Waals surface area contributed by atoms with Gasteiger partial charge >= 0.3 is 0 Å². The van der Waals surface area contributed by atoms with Crippen LogP contribution < -0.4 is 10.2 Å². The Kier molecular flexibility index (Phi) is 8.72. The molecule has 1 N–H and O–H groups in total.